The topological polar surface area (TPSA) is 58.6 Å². The molecule has 1 aliphatic carbocycles. The minimum Gasteiger partial charge on any atom is -0.460 e. The summed E-state index contributed by atoms with van der Waals surface area (Å²) in [6.07, 6.45) is -0.180. The maximum atomic E-state index is 13.4. The van der Waals surface area contributed by atoms with Crippen molar-refractivity contribution in [3.05, 3.63) is 35.9 Å². The summed E-state index contributed by atoms with van der Waals surface area (Å²) in [4.78, 5) is 12.8. The molecule has 24 heavy (non-hydrogen) atoms. The Bertz CT molecular complexity index is 575. The van der Waals surface area contributed by atoms with E-state index in [0.29, 0.717) is 31.5 Å². The largest absolute Gasteiger partial charge is 0.460 e. The third-order valence-electron chi connectivity index (χ3n) is 5.09. The third-order valence-corrected chi connectivity index (χ3v) is 5.09. The Morgan fingerprint density at radius 3 is 2.46 bits per heavy atom. The summed E-state index contributed by atoms with van der Waals surface area (Å²) in [5, 5.41) is 14.5. The maximum Gasteiger partial charge on any atom is 0.343 e. The standard InChI is InChI=1S/C18H23F2NO3/c19-17(20)9-6-15(12-17)24-16(22)18(23,13-4-2-1-3-5-13)14-7-10-21-11-8-14/h1-5,14-15,21,23H,6-12H2. The van der Waals surface area contributed by atoms with E-state index in [1.54, 1.807) is 30.3 Å². The number of ether oxygens (including phenoxy) is 1. The van der Waals surface area contributed by atoms with Crippen LogP contribution in [0, 0.1) is 5.92 Å². The van der Waals surface area contributed by atoms with Crippen molar-refractivity contribution in [2.24, 2.45) is 5.92 Å². The van der Waals surface area contributed by atoms with Crippen LogP contribution in [0.2, 0.25) is 0 Å². The molecule has 0 radical (unpaired) electrons. The Balaban J connectivity index is 1.83. The lowest BCUT2D eigenvalue weighted by molar-refractivity contribution is -0.181. The molecule has 1 heterocycles. The number of aliphatic hydroxyl groups is 1. The van der Waals surface area contributed by atoms with Gasteiger partial charge in [0.2, 0.25) is 0 Å². The number of carbonyl (C=O) groups is 1. The normalized spacial score (nSPS) is 26.7. The average molecular weight is 339 g/mol. The summed E-state index contributed by atoms with van der Waals surface area (Å²) in [5.41, 5.74) is -1.33. The van der Waals surface area contributed by atoms with Gasteiger partial charge in [-0.2, -0.15) is 0 Å². The number of benzene rings is 1. The summed E-state index contributed by atoms with van der Waals surface area (Å²) in [5.74, 6) is -3.89. The number of hydrogen-bond acceptors (Lipinski definition) is 4. The van der Waals surface area contributed by atoms with E-state index in [1.807, 2.05) is 0 Å². The molecule has 2 atom stereocenters. The Kier molecular flexibility index (Phi) is 4.88. The first-order valence-electron chi connectivity index (χ1n) is 8.49. The molecule has 2 N–H and O–H groups in total. The van der Waals surface area contributed by atoms with E-state index in [-0.39, 0.29) is 18.8 Å². The lowest BCUT2D eigenvalue weighted by Crippen LogP contribution is -2.49. The van der Waals surface area contributed by atoms with Gasteiger partial charge < -0.3 is 15.2 Å². The van der Waals surface area contributed by atoms with Crippen molar-refractivity contribution in [3.8, 4) is 0 Å². The van der Waals surface area contributed by atoms with Crippen molar-refractivity contribution in [2.45, 2.75) is 49.7 Å². The molecule has 2 unspecified atom stereocenters. The maximum absolute atomic E-state index is 13.4. The van der Waals surface area contributed by atoms with E-state index >= 15 is 0 Å². The fraction of sp³-hybridized carbons (Fsp3) is 0.611. The van der Waals surface area contributed by atoms with Gasteiger partial charge in [0, 0.05) is 18.8 Å². The Morgan fingerprint density at radius 2 is 1.88 bits per heavy atom. The third kappa shape index (κ3) is 3.44. The molecular weight excluding hydrogens is 316 g/mol. The van der Waals surface area contributed by atoms with Gasteiger partial charge in [-0.05, 0) is 37.9 Å². The molecule has 1 aliphatic heterocycles. The van der Waals surface area contributed by atoms with Crippen LogP contribution in [-0.4, -0.2) is 36.2 Å². The molecule has 0 spiro atoms. The van der Waals surface area contributed by atoms with Crippen molar-refractivity contribution < 1.29 is 23.4 Å². The van der Waals surface area contributed by atoms with E-state index in [9.17, 15) is 18.7 Å². The molecule has 132 valence electrons. The van der Waals surface area contributed by atoms with Gasteiger partial charge >= 0.3 is 5.97 Å². The number of piperidine rings is 1. The fourth-order valence-corrected chi connectivity index (χ4v) is 3.70. The zero-order valence-electron chi connectivity index (χ0n) is 13.5. The highest BCUT2D eigenvalue weighted by Crippen LogP contribution is 2.40. The molecule has 3 rings (SSSR count). The van der Waals surface area contributed by atoms with Crippen LogP contribution >= 0.6 is 0 Å². The Hall–Kier alpha value is -1.53. The first kappa shape index (κ1) is 17.3. The van der Waals surface area contributed by atoms with Crippen molar-refractivity contribution in [1.82, 2.24) is 5.32 Å². The second kappa shape index (κ2) is 6.76. The Morgan fingerprint density at radius 1 is 1.21 bits per heavy atom. The van der Waals surface area contributed by atoms with Crippen LogP contribution in [0.4, 0.5) is 8.78 Å². The molecule has 2 aliphatic rings. The predicted molar refractivity (Wildman–Crippen MR) is 84.6 cm³/mol. The number of carbonyl (C=O) groups excluding carboxylic acids is 1. The van der Waals surface area contributed by atoms with Crippen LogP contribution in [0.3, 0.4) is 0 Å². The quantitative estimate of drug-likeness (QED) is 0.828. The number of esters is 1. The van der Waals surface area contributed by atoms with E-state index in [4.69, 9.17) is 4.74 Å². The molecule has 4 nitrogen and oxygen atoms in total. The van der Waals surface area contributed by atoms with Gasteiger partial charge in [0.15, 0.2) is 5.60 Å². The first-order chi connectivity index (χ1) is 11.4. The minimum atomic E-state index is -2.79. The van der Waals surface area contributed by atoms with Crippen LogP contribution in [0.15, 0.2) is 30.3 Å². The summed E-state index contributed by atoms with van der Waals surface area (Å²) in [6, 6.07) is 8.67. The van der Waals surface area contributed by atoms with Gasteiger partial charge in [-0.3, -0.25) is 0 Å². The van der Waals surface area contributed by atoms with Crippen molar-refractivity contribution in [3.63, 3.8) is 0 Å². The zero-order chi connectivity index (χ0) is 17.2. The molecule has 1 saturated heterocycles. The van der Waals surface area contributed by atoms with Crippen molar-refractivity contribution in [2.75, 3.05) is 13.1 Å². The van der Waals surface area contributed by atoms with Crippen LogP contribution in [-0.2, 0) is 15.1 Å². The Labute approximate surface area is 140 Å². The predicted octanol–water partition coefficient (Wildman–Crippen LogP) is 2.60. The van der Waals surface area contributed by atoms with Crippen molar-refractivity contribution >= 4 is 5.97 Å². The van der Waals surface area contributed by atoms with Gasteiger partial charge in [-0.25, -0.2) is 13.6 Å². The number of rotatable bonds is 4. The van der Waals surface area contributed by atoms with Crippen LogP contribution in [0.25, 0.3) is 0 Å². The molecule has 0 bridgehead atoms. The molecule has 1 aromatic rings. The van der Waals surface area contributed by atoms with Crippen LogP contribution in [0.1, 0.15) is 37.7 Å². The molecule has 0 amide bonds. The van der Waals surface area contributed by atoms with E-state index < -0.39 is 30.0 Å². The summed E-state index contributed by atoms with van der Waals surface area (Å²) >= 11 is 0. The minimum absolute atomic E-state index is 0.135. The average Bonchev–Trinajstić information content (AvgIpc) is 2.94. The van der Waals surface area contributed by atoms with E-state index in [1.165, 1.54) is 0 Å². The fourth-order valence-electron chi connectivity index (χ4n) is 3.70. The monoisotopic (exact) mass is 339 g/mol. The summed E-state index contributed by atoms with van der Waals surface area (Å²) in [6.45, 7) is 1.41. The van der Waals surface area contributed by atoms with Crippen molar-refractivity contribution in [1.29, 1.82) is 0 Å². The van der Waals surface area contributed by atoms with E-state index in [0.717, 1.165) is 0 Å². The number of nitrogens with one attached hydrogen (secondary N) is 1. The SMILES string of the molecule is O=C(OC1CCC(F)(F)C1)C(O)(c1ccccc1)C1CCNCC1. The van der Waals surface area contributed by atoms with E-state index in [2.05, 4.69) is 5.32 Å². The molecular formula is C18H23F2NO3. The number of alkyl halides is 2. The van der Waals surface area contributed by atoms with Gasteiger partial charge in [0.05, 0.1) is 0 Å². The lowest BCUT2D eigenvalue weighted by Gasteiger charge is -2.37. The van der Waals surface area contributed by atoms with Gasteiger partial charge in [0.1, 0.15) is 6.10 Å². The molecule has 1 aromatic carbocycles. The highest BCUT2D eigenvalue weighted by Gasteiger charge is 2.49. The number of halogens is 2. The molecule has 6 heteroatoms. The lowest BCUT2D eigenvalue weighted by atomic mass is 9.76. The highest BCUT2D eigenvalue weighted by molar-refractivity contribution is 5.81. The van der Waals surface area contributed by atoms with Crippen LogP contribution < -0.4 is 5.32 Å². The summed E-state index contributed by atoms with van der Waals surface area (Å²) in [7, 11) is 0. The molecule has 1 saturated carbocycles. The first-order valence-corrected chi connectivity index (χ1v) is 8.49. The van der Waals surface area contributed by atoms with Gasteiger partial charge in [0.25, 0.3) is 5.92 Å². The second-order valence-corrected chi connectivity index (χ2v) is 6.78. The van der Waals surface area contributed by atoms with Gasteiger partial charge in [-0.1, -0.05) is 30.3 Å². The van der Waals surface area contributed by atoms with Crippen LogP contribution in [0.5, 0.6) is 0 Å². The molecule has 2 fully saturated rings. The zero-order valence-corrected chi connectivity index (χ0v) is 13.5. The highest BCUT2D eigenvalue weighted by atomic mass is 19.3. The smallest absolute Gasteiger partial charge is 0.343 e. The molecule has 0 aromatic heterocycles. The second-order valence-electron chi connectivity index (χ2n) is 6.78. The summed E-state index contributed by atoms with van der Waals surface area (Å²) < 4.78 is 32.0. The number of hydrogen-bond donors (Lipinski definition) is 2. The van der Waals surface area contributed by atoms with Gasteiger partial charge in [-0.15, -0.1) is 0 Å².